The lowest BCUT2D eigenvalue weighted by Crippen LogP contribution is -2.58. The monoisotopic (exact) mass is 257 g/mol. The summed E-state index contributed by atoms with van der Waals surface area (Å²) < 4.78 is 0.477. The second kappa shape index (κ2) is 2.76. The van der Waals surface area contributed by atoms with E-state index >= 15 is 0 Å². The van der Waals surface area contributed by atoms with Gasteiger partial charge in [0, 0.05) is 10.4 Å². The molecule has 0 saturated heterocycles. The number of alkyl halides is 1. The molecular weight excluding hydrogens is 238 g/mol. The van der Waals surface area contributed by atoms with Gasteiger partial charge in [0.2, 0.25) is 0 Å². The highest BCUT2D eigenvalue weighted by Gasteiger charge is 2.57. The summed E-state index contributed by atoms with van der Waals surface area (Å²) in [4.78, 5) is 0. The zero-order valence-corrected chi connectivity index (χ0v) is 10.5. The molecule has 80 valence electrons. The quantitative estimate of drug-likeness (QED) is 0.719. The fourth-order valence-corrected chi connectivity index (χ4v) is 6.23. The molecule has 4 rings (SSSR count). The van der Waals surface area contributed by atoms with Crippen molar-refractivity contribution in [2.75, 3.05) is 0 Å². The molecule has 0 amide bonds. The fraction of sp³-hybridized carbons (Fsp3) is 1.00. The van der Waals surface area contributed by atoms with Crippen LogP contribution < -0.4 is 5.73 Å². The van der Waals surface area contributed by atoms with E-state index in [1.165, 1.54) is 38.5 Å². The number of nitrogens with two attached hydrogens (primary N) is 1. The summed E-state index contributed by atoms with van der Waals surface area (Å²) in [6.07, 6.45) is 8.48. The van der Waals surface area contributed by atoms with Crippen LogP contribution in [0.3, 0.4) is 0 Å². The first kappa shape index (κ1) is 9.65. The topological polar surface area (TPSA) is 26.0 Å². The number of rotatable bonds is 1. The Morgan fingerprint density at radius 1 is 1.21 bits per heavy atom. The molecule has 4 saturated carbocycles. The third-order valence-corrected chi connectivity index (χ3v) is 5.93. The Kier molecular flexibility index (Phi) is 1.90. The van der Waals surface area contributed by atoms with E-state index in [0.717, 1.165) is 11.8 Å². The molecule has 4 aliphatic rings. The summed E-state index contributed by atoms with van der Waals surface area (Å²) in [5, 5.41) is 0. The summed E-state index contributed by atoms with van der Waals surface area (Å²) in [5.74, 6) is 1.95. The van der Waals surface area contributed by atoms with Gasteiger partial charge in [0.25, 0.3) is 0 Å². The molecule has 1 nitrogen and oxygen atoms in total. The van der Waals surface area contributed by atoms with Gasteiger partial charge in [0.1, 0.15) is 0 Å². The molecule has 0 aliphatic heterocycles. The van der Waals surface area contributed by atoms with Gasteiger partial charge in [0.15, 0.2) is 0 Å². The minimum absolute atomic E-state index is 0.394. The molecule has 0 aromatic heterocycles. The molecule has 2 heteroatoms. The lowest BCUT2D eigenvalue weighted by atomic mass is 9.48. The van der Waals surface area contributed by atoms with Crippen LogP contribution >= 0.6 is 15.9 Å². The standard InChI is InChI=1S/C12H20BrN/c1-8(14)11-3-9-2-10(4-11)6-12(13,5-9)7-11/h8-10H,2-7,14H2,1H3. The molecule has 0 heterocycles. The van der Waals surface area contributed by atoms with Crippen LogP contribution in [-0.4, -0.2) is 10.4 Å². The predicted molar refractivity (Wildman–Crippen MR) is 62.4 cm³/mol. The second-order valence-electron chi connectivity index (χ2n) is 6.26. The van der Waals surface area contributed by atoms with Crippen LogP contribution in [-0.2, 0) is 0 Å². The minimum Gasteiger partial charge on any atom is -0.327 e. The van der Waals surface area contributed by atoms with E-state index in [-0.39, 0.29) is 0 Å². The third-order valence-electron chi connectivity index (χ3n) is 5.00. The molecule has 2 N–H and O–H groups in total. The Bertz CT molecular complexity index is 247. The van der Waals surface area contributed by atoms with Crippen molar-refractivity contribution >= 4 is 15.9 Å². The van der Waals surface area contributed by atoms with Gasteiger partial charge in [-0.25, -0.2) is 0 Å². The van der Waals surface area contributed by atoms with Gasteiger partial charge in [-0.1, -0.05) is 15.9 Å². The van der Waals surface area contributed by atoms with Crippen LogP contribution in [0.1, 0.15) is 45.4 Å². The highest BCUT2D eigenvalue weighted by Crippen LogP contribution is 2.65. The number of hydrogen-bond donors (Lipinski definition) is 1. The van der Waals surface area contributed by atoms with Crippen LogP contribution in [0.25, 0.3) is 0 Å². The van der Waals surface area contributed by atoms with E-state index < -0.39 is 0 Å². The van der Waals surface area contributed by atoms with Crippen LogP contribution in [0, 0.1) is 17.3 Å². The normalized spacial score (nSPS) is 57.6. The molecule has 4 aliphatic carbocycles. The molecular formula is C12H20BrN. The molecule has 14 heavy (non-hydrogen) atoms. The fourth-order valence-electron chi connectivity index (χ4n) is 4.75. The second-order valence-corrected chi connectivity index (χ2v) is 7.95. The van der Waals surface area contributed by atoms with Gasteiger partial charge < -0.3 is 5.73 Å². The smallest absolute Gasteiger partial charge is 0.0269 e. The Hall–Kier alpha value is 0.440. The van der Waals surface area contributed by atoms with Crippen molar-refractivity contribution in [3.8, 4) is 0 Å². The van der Waals surface area contributed by atoms with E-state index in [1.54, 1.807) is 0 Å². The van der Waals surface area contributed by atoms with Crippen molar-refractivity contribution in [3.63, 3.8) is 0 Å². The van der Waals surface area contributed by atoms with Gasteiger partial charge in [-0.15, -0.1) is 0 Å². The summed E-state index contributed by atoms with van der Waals surface area (Å²) >= 11 is 4.01. The maximum Gasteiger partial charge on any atom is 0.0269 e. The van der Waals surface area contributed by atoms with Crippen molar-refractivity contribution in [1.29, 1.82) is 0 Å². The Morgan fingerprint density at radius 3 is 2.21 bits per heavy atom. The Morgan fingerprint density at radius 2 is 1.79 bits per heavy atom. The highest BCUT2D eigenvalue weighted by atomic mass is 79.9. The molecule has 0 spiro atoms. The average Bonchev–Trinajstić information content (AvgIpc) is 1.98. The van der Waals surface area contributed by atoms with E-state index in [9.17, 15) is 0 Å². The molecule has 3 atom stereocenters. The first-order valence-corrected chi connectivity index (χ1v) is 6.75. The lowest BCUT2D eigenvalue weighted by molar-refractivity contribution is -0.0470. The predicted octanol–water partition coefficient (Wildman–Crippen LogP) is 3.07. The Balaban J connectivity index is 1.96. The van der Waals surface area contributed by atoms with Gasteiger partial charge in [0.05, 0.1) is 0 Å². The van der Waals surface area contributed by atoms with Gasteiger partial charge in [-0.2, -0.15) is 0 Å². The van der Waals surface area contributed by atoms with Crippen molar-refractivity contribution < 1.29 is 0 Å². The summed E-state index contributed by atoms with van der Waals surface area (Å²) in [5.41, 5.74) is 6.72. The molecule has 0 radical (unpaired) electrons. The zero-order valence-electron chi connectivity index (χ0n) is 8.93. The van der Waals surface area contributed by atoms with Crippen LogP contribution in [0.2, 0.25) is 0 Å². The van der Waals surface area contributed by atoms with E-state index in [0.29, 0.717) is 15.8 Å². The molecule has 4 bridgehead atoms. The van der Waals surface area contributed by atoms with Crippen LogP contribution in [0.5, 0.6) is 0 Å². The van der Waals surface area contributed by atoms with Crippen LogP contribution in [0.4, 0.5) is 0 Å². The maximum atomic E-state index is 6.23. The first-order valence-electron chi connectivity index (χ1n) is 5.96. The molecule has 3 unspecified atom stereocenters. The minimum atomic E-state index is 0.394. The SMILES string of the molecule is CC(N)C12CC3CC(CC(Br)(C3)C1)C2. The summed E-state index contributed by atoms with van der Waals surface area (Å²) in [6.45, 7) is 2.23. The average molecular weight is 258 g/mol. The third kappa shape index (κ3) is 1.23. The van der Waals surface area contributed by atoms with Gasteiger partial charge in [-0.05, 0) is 62.7 Å². The van der Waals surface area contributed by atoms with Crippen molar-refractivity contribution in [2.24, 2.45) is 23.0 Å². The largest absolute Gasteiger partial charge is 0.327 e. The molecule has 0 aromatic rings. The Labute approximate surface area is 94.9 Å². The first-order chi connectivity index (χ1) is 6.51. The number of hydrogen-bond acceptors (Lipinski definition) is 1. The van der Waals surface area contributed by atoms with E-state index in [2.05, 4.69) is 22.9 Å². The van der Waals surface area contributed by atoms with Crippen molar-refractivity contribution in [3.05, 3.63) is 0 Å². The summed E-state index contributed by atoms with van der Waals surface area (Å²) in [7, 11) is 0. The van der Waals surface area contributed by atoms with Gasteiger partial charge >= 0.3 is 0 Å². The van der Waals surface area contributed by atoms with Crippen LogP contribution in [0.15, 0.2) is 0 Å². The van der Waals surface area contributed by atoms with E-state index in [1.807, 2.05) is 0 Å². The van der Waals surface area contributed by atoms with Crippen molar-refractivity contribution in [2.45, 2.75) is 55.8 Å². The molecule has 4 fully saturated rings. The molecule has 0 aromatic carbocycles. The highest BCUT2D eigenvalue weighted by molar-refractivity contribution is 9.10. The maximum absolute atomic E-state index is 6.23. The van der Waals surface area contributed by atoms with Gasteiger partial charge in [-0.3, -0.25) is 0 Å². The lowest BCUT2D eigenvalue weighted by Gasteiger charge is -2.61. The van der Waals surface area contributed by atoms with Crippen molar-refractivity contribution in [1.82, 2.24) is 0 Å². The zero-order chi connectivity index (χ0) is 9.97. The summed E-state index contributed by atoms with van der Waals surface area (Å²) in [6, 6.07) is 0.394. The van der Waals surface area contributed by atoms with E-state index in [4.69, 9.17) is 5.73 Å². The number of halogens is 1.